The van der Waals surface area contributed by atoms with E-state index in [2.05, 4.69) is 63.3 Å². The molecule has 5 aliphatic rings. The number of alkyl halides is 3. The molecule has 5 atom stereocenters. The normalized spacial score (nSPS) is 20.0. The SMILES string of the molecule is CC1CC=C(OS(=O)(=O)C(F)(F)F)N(C(=O)OC(C)(C)C)C1.Cc1cc(B2OC(C)(C)C(C)(C)O2)ccc1O.Cc1cc(Br)ccc1O.Cc1cc(C2=CCC(C)CN2C(=O)OC(C)(C)C)ccc1O.Cc1cc(C2=NCC(C)CC2)ccc1O.Cc1cc(C2CCC(C)CN2)ccc1O.[B].[H-].[Na+]. The van der Waals surface area contributed by atoms with E-state index in [-0.39, 0.29) is 88.4 Å². The second-order valence-electron chi connectivity index (χ2n) is 29.7. The number of amides is 2. The van der Waals surface area contributed by atoms with Crippen LogP contribution in [-0.2, 0) is 33.1 Å². The maximum atomic E-state index is 12.5. The first-order valence-corrected chi connectivity index (χ1v) is 36.0. The van der Waals surface area contributed by atoms with Gasteiger partial charge in [-0.1, -0.05) is 74.0 Å². The van der Waals surface area contributed by atoms with E-state index in [0.717, 1.165) is 97.4 Å². The second-order valence-corrected chi connectivity index (χ2v) is 32.1. The summed E-state index contributed by atoms with van der Waals surface area (Å²) >= 11 is 3.29. The van der Waals surface area contributed by atoms with Crippen molar-refractivity contribution in [3.05, 3.63) is 158 Å². The number of aliphatic imine (C=N–C) groups is 1. The Morgan fingerprint density at radius 1 is 0.618 bits per heavy atom. The Balaban J connectivity index is 0.000000424. The van der Waals surface area contributed by atoms with E-state index < -0.39 is 38.8 Å². The van der Waals surface area contributed by atoms with Crippen molar-refractivity contribution in [2.45, 2.75) is 204 Å². The van der Waals surface area contributed by atoms with E-state index in [1.165, 1.54) is 30.5 Å². The summed E-state index contributed by atoms with van der Waals surface area (Å²) < 4.78 is 86.9. The molecule has 2 fully saturated rings. The van der Waals surface area contributed by atoms with Crippen LogP contribution >= 0.6 is 15.9 Å². The van der Waals surface area contributed by atoms with Gasteiger partial charge in [-0.05, 0) is 295 Å². The van der Waals surface area contributed by atoms with E-state index in [1.807, 2.05) is 138 Å². The number of hydrogen-bond donors (Lipinski definition) is 6. The Morgan fingerprint density at radius 2 is 1.07 bits per heavy atom. The van der Waals surface area contributed by atoms with Crippen LogP contribution in [0.2, 0.25) is 0 Å². The second kappa shape index (κ2) is 38.2. The van der Waals surface area contributed by atoms with Crippen molar-refractivity contribution < 1.29 is 111 Å². The minimum atomic E-state index is -5.84. The van der Waals surface area contributed by atoms with Gasteiger partial charge < -0.3 is 55.2 Å². The maximum absolute atomic E-state index is 12.5. The molecule has 555 valence electrons. The Labute approximate surface area is 637 Å². The largest absolute Gasteiger partial charge is 1.00 e. The van der Waals surface area contributed by atoms with Gasteiger partial charge in [-0.15, -0.1) is 0 Å². The fraction of sp³-hybridized carbons (Fsp3) is 0.513. The van der Waals surface area contributed by atoms with E-state index >= 15 is 0 Å². The summed E-state index contributed by atoms with van der Waals surface area (Å²) in [5.41, 5.74) is 3.15. The number of piperidine rings is 1. The monoisotopic (exact) mass is 1510 g/mol. The standard InChI is InChI=1S/C18H25NO3.C13H19BO3.C13H19NO.C13H17NO.C12H18F3NO5S.C7H7BrO.B.Na.H/c1-12-6-8-15(14-7-9-16(20)13(2)10-14)19(11-12)17(21)22-18(3,4)5;1-9-8-10(6-7-11(9)15)14-16-12(2,3)13(4,5)17-14;2*1-9-3-5-12(14-8-9)11-4-6-13(15)10(2)7-11;1-8-5-6-9(21-22(18,19)12(13,14)15)16(7-8)10(17)20-11(2,3)4;1-5-4-6(8)2-3-7(5)9;;;/h7-10,12,20H,6,11H2,1-5H3;6-8,15H,1-5H3;4,6-7,9,12,14-15H,3,5,8H2,1-2H3;4,6-7,9,15H,3,5,8H2,1-2H3;6,8H,5,7H2,1-4H3;2-4,9H,1H3;;;/q;;;;;;;+1;-1. The van der Waals surface area contributed by atoms with Crippen LogP contribution in [0.1, 0.15) is 187 Å². The van der Waals surface area contributed by atoms with Gasteiger partial charge in [0, 0.05) is 44.3 Å². The van der Waals surface area contributed by atoms with Crippen LogP contribution in [0.25, 0.3) is 5.70 Å². The molecular weight excluding hydrogens is 1410 g/mol. The third-order valence-corrected chi connectivity index (χ3v) is 18.8. The number of phenolic OH excluding ortho intramolecular Hbond substituents is 5. The van der Waals surface area contributed by atoms with Gasteiger partial charge in [0.2, 0.25) is 5.88 Å². The van der Waals surface area contributed by atoms with Crippen LogP contribution in [0, 0.1) is 58.3 Å². The van der Waals surface area contributed by atoms with Crippen molar-refractivity contribution >= 4 is 70.6 Å². The molecule has 2 saturated heterocycles. The number of halogens is 4. The summed E-state index contributed by atoms with van der Waals surface area (Å²) in [4.78, 5) is 31.6. The van der Waals surface area contributed by atoms with E-state index in [0.29, 0.717) is 47.4 Å². The zero-order chi connectivity index (χ0) is 75.2. The first-order valence-electron chi connectivity index (χ1n) is 33.8. The molecule has 0 aromatic heterocycles. The number of carbonyl (C=O) groups is 2. The molecule has 0 bridgehead atoms. The van der Waals surface area contributed by atoms with Crippen LogP contribution in [-0.4, -0.2) is 131 Å². The topological polar surface area (TPSA) is 246 Å². The van der Waals surface area contributed by atoms with Gasteiger partial charge in [0.05, 0.1) is 16.9 Å². The van der Waals surface area contributed by atoms with Gasteiger partial charge in [0.15, 0.2) is 0 Å². The van der Waals surface area contributed by atoms with Crippen LogP contribution in [0.3, 0.4) is 0 Å². The number of aryl methyl sites for hydroxylation is 5. The number of nitrogens with zero attached hydrogens (tertiary/aromatic N) is 3. The zero-order valence-corrected chi connectivity index (χ0v) is 67.5. The molecule has 0 aliphatic carbocycles. The molecule has 10 rings (SSSR count). The van der Waals surface area contributed by atoms with E-state index in [1.54, 1.807) is 62.9 Å². The minimum absolute atomic E-state index is 0. The third kappa shape index (κ3) is 27.4. The number of rotatable bonds is 6. The summed E-state index contributed by atoms with van der Waals surface area (Å²) in [6.45, 7) is 39.0. The summed E-state index contributed by atoms with van der Waals surface area (Å²) in [5, 5.41) is 50.7. The molecule has 0 saturated carbocycles. The maximum Gasteiger partial charge on any atom is 1.00 e. The van der Waals surface area contributed by atoms with Crippen LogP contribution in [0.15, 0.2) is 118 Å². The van der Waals surface area contributed by atoms with Crippen LogP contribution < -0.4 is 40.3 Å². The molecule has 5 unspecified atom stereocenters. The molecule has 2 amide bonds. The summed E-state index contributed by atoms with van der Waals surface area (Å²) in [5.74, 6) is 2.80. The van der Waals surface area contributed by atoms with Gasteiger partial charge >= 0.3 is 64.5 Å². The van der Waals surface area contributed by atoms with Crippen molar-refractivity contribution in [2.75, 3.05) is 26.2 Å². The molecule has 26 heteroatoms. The quantitative estimate of drug-likeness (QED) is 0.0526. The number of carbonyl (C=O) groups excluding carboxylic acids is 2. The molecule has 18 nitrogen and oxygen atoms in total. The number of nitrogens with one attached hydrogen (secondary N) is 1. The van der Waals surface area contributed by atoms with Crippen molar-refractivity contribution in [2.24, 2.45) is 28.7 Å². The molecule has 5 heterocycles. The van der Waals surface area contributed by atoms with E-state index in [9.17, 15) is 51.6 Å². The predicted octanol–water partition coefficient (Wildman–Crippen LogP) is 14.2. The molecule has 0 spiro atoms. The van der Waals surface area contributed by atoms with Gasteiger partial charge in [0.1, 0.15) is 39.9 Å². The molecule has 102 heavy (non-hydrogen) atoms. The van der Waals surface area contributed by atoms with Gasteiger partial charge in [-0.3, -0.25) is 9.89 Å². The number of benzene rings is 5. The molecule has 6 N–H and O–H groups in total. The zero-order valence-electron chi connectivity index (χ0n) is 64.1. The first-order chi connectivity index (χ1) is 46.2. The summed E-state index contributed by atoms with van der Waals surface area (Å²) in [7, 11) is -6.20. The number of aromatic hydroxyl groups is 5. The van der Waals surface area contributed by atoms with Gasteiger partial charge in [-0.25, -0.2) is 14.5 Å². The fourth-order valence-corrected chi connectivity index (χ4v) is 11.5. The molecule has 5 aromatic rings. The fourth-order valence-electron chi connectivity index (χ4n) is 10.6. The van der Waals surface area contributed by atoms with Gasteiger partial charge in [0.25, 0.3) is 0 Å². The Bertz CT molecular complexity index is 3830. The Kier molecular flexibility index (Phi) is 33.7. The van der Waals surface area contributed by atoms with Crippen LogP contribution in [0.5, 0.6) is 28.7 Å². The number of hydrogen-bond acceptors (Lipinski definition) is 16. The number of phenols is 5. The van der Waals surface area contributed by atoms with Gasteiger partial charge in [-0.2, -0.15) is 21.6 Å². The summed E-state index contributed by atoms with van der Waals surface area (Å²) in [6.07, 6.45) is 7.88. The number of allylic oxidation sites excluding steroid dienone is 2. The average Bonchev–Trinajstić information content (AvgIpc) is 1.67. The predicted molar refractivity (Wildman–Crippen MR) is 399 cm³/mol. The molecule has 5 aliphatic heterocycles. The summed E-state index contributed by atoms with van der Waals surface area (Å²) in [6, 6.07) is 28.3. The molecule has 5 aromatic carbocycles. The van der Waals surface area contributed by atoms with Crippen molar-refractivity contribution in [1.82, 2.24) is 15.1 Å². The molecular formula is C76H106B2BrF3N4NaO14S. The average molecular weight is 1510 g/mol. The third-order valence-electron chi connectivity index (χ3n) is 17.3. The van der Waals surface area contributed by atoms with Crippen molar-refractivity contribution in [3.63, 3.8) is 0 Å². The van der Waals surface area contributed by atoms with Crippen molar-refractivity contribution in [3.8, 4) is 28.7 Å². The Hall–Kier alpha value is -6.18. The van der Waals surface area contributed by atoms with Crippen LogP contribution in [0.4, 0.5) is 22.8 Å². The first kappa shape index (κ1) is 90.0. The van der Waals surface area contributed by atoms with Crippen molar-refractivity contribution in [1.29, 1.82) is 0 Å². The molecule has 3 radical (unpaired) electrons. The minimum Gasteiger partial charge on any atom is -1.00 e. The van der Waals surface area contributed by atoms with E-state index in [4.69, 9.17) is 23.9 Å². The smallest absolute Gasteiger partial charge is 1.00 e. The Morgan fingerprint density at radius 3 is 1.52 bits per heavy atom. The number of ether oxygens (including phenoxy) is 2.